The quantitative estimate of drug-likeness (QED) is 0.139. The molecule has 0 spiro atoms. The van der Waals surface area contributed by atoms with Crippen LogP contribution in [0.15, 0.2) is 151 Å². The van der Waals surface area contributed by atoms with E-state index in [0.717, 1.165) is 50.2 Å². The molecular formula is C38H29N5. The molecule has 0 saturated heterocycles. The molecule has 5 heteroatoms. The lowest BCUT2D eigenvalue weighted by atomic mass is 10.0. The Hall–Kier alpha value is -5.81. The van der Waals surface area contributed by atoms with Crippen molar-refractivity contribution in [2.24, 2.45) is 4.99 Å². The highest BCUT2D eigenvalue weighted by Crippen LogP contribution is 2.28. The Kier molecular flexibility index (Phi) is 8.14. The molecule has 0 atom stereocenters. The fraction of sp³-hybridized carbons (Fsp3) is 0.0263. The van der Waals surface area contributed by atoms with Gasteiger partial charge in [0.2, 0.25) is 0 Å². The predicted molar refractivity (Wildman–Crippen MR) is 177 cm³/mol. The van der Waals surface area contributed by atoms with Crippen molar-refractivity contribution in [2.45, 2.75) is 6.92 Å². The van der Waals surface area contributed by atoms with E-state index >= 15 is 0 Å². The molecule has 0 amide bonds. The van der Waals surface area contributed by atoms with Crippen LogP contribution in [0, 0.1) is 0 Å². The molecule has 5 nitrogen and oxygen atoms in total. The standard InChI is InChI=1S/C38H29N5/c1-27(34-17-10-24-40-26-34)18-23-35(39-2)32-15-9-16-33(25-32)38-42-36(30-13-7-4-8-14-30)41-37(43-38)31-21-19-29(20-22-31)28-11-5-3-6-12-28/h3-26H,2H2,1H3/b27-18+,35-23-. The highest BCUT2D eigenvalue weighted by atomic mass is 15.0. The topological polar surface area (TPSA) is 63.9 Å². The maximum absolute atomic E-state index is 4.94. The summed E-state index contributed by atoms with van der Waals surface area (Å²) in [6.45, 7) is 5.88. The lowest BCUT2D eigenvalue weighted by Crippen LogP contribution is -2.00. The van der Waals surface area contributed by atoms with Crippen LogP contribution >= 0.6 is 0 Å². The van der Waals surface area contributed by atoms with Gasteiger partial charge >= 0.3 is 0 Å². The third kappa shape index (κ3) is 6.42. The molecule has 43 heavy (non-hydrogen) atoms. The fourth-order valence-electron chi connectivity index (χ4n) is 4.75. The average Bonchev–Trinajstić information content (AvgIpc) is 3.09. The number of hydrogen-bond acceptors (Lipinski definition) is 5. The Labute approximate surface area is 251 Å². The molecule has 0 saturated carbocycles. The normalized spacial score (nSPS) is 11.7. The minimum absolute atomic E-state index is 0.586. The largest absolute Gasteiger partial charge is 0.264 e. The Bertz CT molecular complexity index is 1910. The monoisotopic (exact) mass is 555 g/mol. The van der Waals surface area contributed by atoms with E-state index in [9.17, 15) is 0 Å². The first-order valence-corrected chi connectivity index (χ1v) is 14.0. The molecule has 6 rings (SSSR count). The van der Waals surface area contributed by atoms with Crippen LogP contribution in [0.4, 0.5) is 0 Å². The van der Waals surface area contributed by atoms with E-state index in [4.69, 9.17) is 15.0 Å². The van der Waals surface area contributed by atoms with Crippen LogP contribution in [0.5, 0.6) is 0 Å². The average molecular weight is 556 g/mol. The molecule has 0 aliphatic carbocycles. The number of pyridine rings is 1. The first-order valence-electron chi connectivity index (χ1n) is 14.0. The Morgan fingerprint density at radius 3 is 1.72 bits per heavy atom. The van der Waals surface area contributed by atoms with Gasteiger partial charge in [-0.2, -0.15) is 0 Å². The zero-order valence-corrected chi connectivity index (χ0v) is 23.8. The molecule has 0 aliphatic heterocycles. The molecule has 206 valence electrons. The number of nitrogens with zero attached hydrogens (tertiary/aromatic N) is 5. The van der Waals surface area contributed by atoms with E-state index < -0.39 is 0 Å². The molecular weight excluding hydrogens is 526 g/mol. The number of aromatic nitrogens is 4. The van der Waals surface area contributed by atoms with Crippen LogP contribution in [0.3, 0.4) is 0 Å². The van der Waals surface area contributed by atoms with Crippen LogP contribution in [-0.2, 0) is 0 Å². The van der Waals surface area contributed by atoms with Gasteiger partial charge in [0.15, 0.2) is 17.5 Å². The molecule has 6 aromatic rings. The van der Waals surface area contributed by atoms with Gasteiger partial charge in [0.1, 0.15) is 0 Å². The molecule has 0 fully saturated rings. The SMILES string of the molecule is C=N/C(=C\C=C(/C)c1cccnc1)c1cccc(-c2nc(-c3ccccc3)nc(-c3ccc(-c4ccccc4)cc3)n2)c1. The van der Waals surface area contributed by atoms with Crippen LogP contribution in [-0.4, -0.2) is 26.7 Å². The van der Waals surface area contributed by atoms with E-state index in [0.29, 0.717) is 17.5 Å². The van der Waals surface area contributed by atoms with Crippen molar-refractivity contribution in [2.75, 3.05) is 0 Å². The summed E-state index contributed by atoms with van der Waals surface area (Å²) in [5, 5.41) is 0. The molecule has 2 aromatic heterocycles. The third-order valence-corrected chi connectivity index (χ3v) is 7.11. The second kappa shape index (κ2) is 12.8. The van der Waals surface area contributed by atoms with Gasteiger partial charge in [0, 0.05) is 34.6 Å². The summed E-state index contributed by atoms with van der Waals surface area (Å²) >= 11 is 0. The van der Waals surface area contributed by atoms with Gasteiger partial charge in [-0.1, -0.05) is 115 Å². The van der Waals surface area contributed by atoms with Crippen LogP contribution in [0.1, 0.15) is 18.1 Å². The number of hydrogen-bond donors (Lipinski definition) is 0. The second-order valence-electron chi connectivity index (χ2n) is 10.00. The lowest BCUT2D eigenvalue weighted by Gasteiger charge is -2.10. The first kappa shape index (κ1) is 27.4. The summed E-state index contributed by atoms with van der Waals surface area (Å²) in [5.41, 5.74) is 8.81. The van der Waals surface area contributed by atoms with Gasteiger partial charge in [-0.25, -0.2) is 15.0 Å². The highest BCUT2D eigenvalue weighted by Gasteiger charge is 2.13. The molecule has 0 N–H and O–H groups in total. The van der Waals surface area contributed by atoms with Crippen molar-refractivity contribution < 1.29 is 0 Å². The van der Waals surface area contributed by atoms with Crippen molar-refractivity contribution in [3.05, 3.63) is 157 Å². The Morgan fingerprint density at radius 1 is 0.558 bits per heavy atom. The summed E-state index contributed by atoms with van der Waals surface area (Å²) < 4.78 is 0. The summed E-state index contributed by atoms with van der Waals surface area (Å²) in [6, 6.07) is 40.6. The smallest absolute Gasteiger partial charge is 0.164 e. The fourth-order valence-corrected chi connectivity index (χ4v) is 4.75. The van der Waals surface area contributed by atoms with Crippen LogP contribution in [0.25, 0.3) is 56.6 Å². The van der Waals surface area contributed by atoms with Gasteiger partial charge < -0.3 is 0 Å². The molecule has 2 heterocycles. The molecule has 0 radical (unpaired) electrons. The Morgan fingerprint density at radius 2 is 1.09 bits per heavy atom. The van der Waals surface area contributed by atoms with Gasteiger partial charge in [-0.15, -0.1) is 0 Å². The predicted octanol–water partition coefficient (Wildman–Crippen LogP) is 9.08. The third-order valence-electron chi connectivity index (χ3n) is 7.11. The van der Waals surface area contributed by atoms with Gasteiger partial charge in [0.05, 0.1) is 5.70 Å². The van der Waals surface area contributed by atoms with E-state index in [-0.39, 0.29) is 0 Å². The zero-order chi connectivity index (χ0) is 29.4. The van der Waals surface area contributed by atoms with Gasteiger partial charge in [0.25, 0.3) is 0 Å². The number of aliphatic imine (C=N–C) groups is 1. The highest BCUT2D eigenvalue weighted by molar-refractivity contribution is 5.76. The van der Waals surface area contributed by atoms with Crippen LogP contribution < -0.4 is 0 Å². The Balaban J connectivity index is 1.39. The van der Waals surface area contributed by atoms with Crippen molar-refractivity contribution >= 4 is 18.0 Å². The van der Waals surface area contributed by atoms with Crippen molar-refractivity contribution in [1.29, 1.82) is 0 Å². The minimum atomic E-state index is 0.586. The number of rotatable bonds is 8. The molecule has 0 aliphatic rings. The van der Waals surface area contributed by atoms with E-state index in [1.54, 1.807) is 6.20 Å². The number of benzene rings is 4. The molecule has 0 bridgehead atoms. The second-order valence-corrected chi connectivity index (χ2v) is 10.00. The lowest BCUT2D eigenvalue weighted by molar-refractivity contribution is 1.07. The van der Waals surface area contributed by atoms with E-state index in [1.165, 1.54) is 0 Å². The maximum atomic E-state index is 4.94. The van der Waals surface area contributed by atoms with Crippen LogP contribution in [0.2, 0.25) is 0 Å². The van der Waals surface area contributed by atoms with Gasteiger partial charge in [-0.3, -0.25) is 9.98 Å². The first-order chi connectivity index (χ1) is 21.2. The van der Waals surface area contributed by atoms with Gasteiger partial charge in [-0.05, 0) is 54.1 Å². The molecule has 0 unspecified atom stereocenters. The van der Waals surface area contributed by atoms with Crippen molar-refractivity contribution in [3.8, 4) is 45.3 Å². The summed E-state index contributed by atoms with van der Waals surface area (Å²) in [7, 11) is 0. The zero-order valence-electron chi connectivity index (χ0n) is 23.8. The summed E-state index contributed by atoms with van der Waals surface area (Å²) in [5.74, 6) is 1.82. The minimum Gasteiger partial charge on any atom is -0.264 e. The molecule has 4 aromatic carbocycles. The maximum Gasteiger partial charge on any atom is 0.164 e. The van der Waals surface area contributed by atoms with Crippen molar-refractivity contribution in [1.82, 2.24) is 19.9 Å². The van der Waals surface area contributed by atoms with Crippen molar-refractivity contribution in [3.63, 3.8) is 0 Å². The number of allylic oxidation sites excluding steroid dienone is 3. The van der Waals surface area contributed by atoms with E-state index in [1.807, 2.05) is 103 Å². The summed E-state index contributed by atoms with van der Waals surface area (Å²) in [6.07, 6.45) is 7.61. The van der Waals surface area contributed by atoms with E-state index in [2.05, 4.69) is 60.0 Å². The summed E-state index contributed by atoms with van der Waals surface area (Å²) in [4.78, 5) is 23.2.